The summed E-state index contributed by atoms with van der Waals surface area (Å²) < 4.78 is 6.07. The number of nitrogens with zero attached hydrogens (tertiary/aromatic N) is 4. The number of pyridine rings is 1. The number of nitrogens with one attached hydrogen (secondary N) is 1. The van der Waals surface area contributed by atoms with E-state index < -0.39 is 0 Å². The molecule has 0 unspecified atom stereocenters. The maximum absolute atomic E-state index is 6.07. The minimum atomic E-state index is 0. The lowest BCUT2D eigenvalue weighted by molar-refractivity contribution is 0.481. The van der Waals surface area contributed by atoms with Crippen molar-refractivity contribution in [2.24, 2.45) is 0 Å². The Balaban J connectivity index is 0.00000160. The van der Waals surface area contributed by atoms with Crippen molar-refractivity contribution in [1.29, 1.82) is 0 Å². The number of anilines is 2. The van der Waals surface area contributed by atoms with Crippen molar-refractivity contribution in [1.82, 2.24) is 19.9 Å². The minimum Gasteiger partial charge on any atom is -0.453 e. The number of ether oxygens (including phenoxy) is 1. The van der Waals surface area contributed by atoms with Gasteiger partial charge in [-0.3, -0.25) is 0 Å². The Morgan fingerprint density at radius 2 is 1.87 bits per heavy atom. The Hall–Kier alpha value is -2.10. The number of hydrogen-bond acceptors (Lipinski definition) is 8. The Kier molecular flexibility index (Phi) is 9.13. The van der Waals surface area contributed by atoms with Crippen LogP contribution in [0.3, 0.4) is 0 Å². The van der Waals surface area contributed by atoms with Crippen LogP contribution in [0.15, 0.2) is 70.2 Å². The van der Waals surface area contributed by atoms with Crippen LogP contribution in [-0.4, -0.2) is 19.9 Å². The average molecular weight is 501 g/mol. The van der Waals surface area contributed by atoms with E-state index in [1.165, 1.54) is 23.1 Å². The highest BCUT2D eigenvalue weighted by Gasteiger charge is 2.12. The van der Waals surface area contributed by atoms with E-state index in [2.05, 4.69) is 25.3 Å². The largest absolute Gasteiger partial charge is 0.453 e. The van der Waals surface area contributed by atoms with Gasteiger partial charge in [0.25, 0.3) is 0 Å². The molecular weight excluding hydrogens is 485 g/mol. The molecule has 11 heteroatoms. The number of para-hydroxylation sites is 1. The van der Waals surface area contributed by atoms with Gasteiger partial charge >= 0.3 is 0 Å². The molecule has 0 saturated heterocycles. The monoisotopic (exact) mass is 499 g/mol. The first-order valence-electron chi connectivity index (χ1n) is 8.24. The normalized spacial score (nSPS) is 9.93. The molecule has 0 aliphatic rings. The van der Waals surface area contributed by atoms with Crippen LogP contribution in [0.1, 0.15) is 5.69 Å². The highest BCUT2D eigenvalue weighted by atomic mass is 35.5. The Morgan fingerprint density at radius 3 is 2.57 bits per heavy atom. The molecule has 1 N–H and O–H groups in total. The molecule has 0 spiro atoms. The summed E-state index contributed by atoms with van der Waals surface area (Å²) >= 11 is 8.82. The zero-order chi connectivity index (χ0) is 19.3. The first kappa shape index (κ1) is 24.2. The summed E-state index contributed by atoms with van der Waals surface area (Å²) in [5, 5.41) is 6.89. The number of hydrogen-bond donors (Lipinski definition) is 1. The van der Waals surface area contributed by atoms with Crippen LogP contribution < -0.4 is 10.1 Å². The molecule has 4 rings (SSSR count). The number of aryl methyl sites for hydroxylation is 1. The van der Waals surface area contributed by atoms with Gasteiger partial charge in [0.05, 0.1) is 5.69 Å². The van der Waals surface area contributed by atoms with Gasteiger partial charge in [0, 0.05) is 28.7 Å². The number of benzene rings is 1. The number of thiazole rings is 1. The second kappa shape index (κ2) is 11.3. The SMILES string of the molecule is Cc1csc(Nc2ncc(Sc3ccnc(Cl)n3)cc2Oc2ccccc2)n1.Cl.Cl. The lowest BCUT2D eigenvalue weighted by atomic mass is 10.3. The molecule has 0 saturated carbocycles. The molecule has 0 fully saturated rings. The molecular formula is C19H16Cl3N5OS2. The van der Waals surface area contributed by atoms with Gasteiger partial charge in [-0.1, -0.05) is 30.0 Å². The third-order valence-electron chi connectivity index (χ3n) is 3.47. The Labute approximate surface area is 199 Å². The van der Waals surface area contributed by atoms with Crippen LogP contribution in [0.2, 0.25) is 5.28 Å². The van der Waals surface area contributed by atoms with Gasteiger partial charge in [-0.25, -0.2) is 19.9 Å². The van der Waals surface area contributed by atoms with Crippen LogP contribution >= 0.6 is 59.5 Å². The molecule has 1 aromatic carbocycles. The second-order valence-corrected chi connectivity index (χ2v) is 7.91. The number of rotatable bonds is 6. The van der Waals surface area contributed by atoms with E-state index in [4.69, 9.17) is 16.3 Å². The highest BCUT2D eigenvalue weighted by molar-refractivity contribution is 7.99. The van der Waals surface area contributed by atoms with Crippen molar-refractivity contribution in [3.8, 4) is 11.5 Å². The molecule has 3 heterocycles. The van der Waals surface area contributed by atoms with E-state index in [-0.39, 0.29) is 30.1 Å². The van der Waals surface area contributed by atoms with E-state index in [0.717, 1.165) is 26.5 Å². The van der Waals surface area contributed by atoms with Gasteiger partial charge in [-0.2, -0.15) is 0 Å². The lowest BCUT2D eigenvalue weighted by Crippen LogP contribution is -1.98. The molecule has 0 atom stereocenters. The van der Waals surface area contributed by atoms with Crippen LogP contribution in [-0.2, 0) is 0 Å². The number of halogens is 3. The molecule has 30 heavy (non-hydrogen) atoms. The van der Waals surface area contributed by atoms with Crippen molar-refractivity contribution < 1.29 is 4.74 Å². The van der Waals surface area contributed by atoms with E-state index in [0.29, 0.717) is 11.6 Å². The van der Waals surface area contributed by atoms with E-state index in [1.807, 2.05) is 48.7 Å². The predicted octanol–water partition coefficient (Wildman–Crippen LogP) is 6.82. The summed E-state index contributed by atoms with van der Waals surface area (Å²) in [5.41, 5.74) is 0.950. The smallest absolute Gasteiger partial charge is 0.223 e. The van der Waals surface area contributed by atoms with Gasteiger partial charge in [-0.15, -0.1) is 36.2 Å². The van der Waals surface area contributed by atoms with Crippen LogP contribution in [0.5, 0.6) is 11.5 Å². The molecule has 0 amide bonds. The first-order valence-corrected chi connectivity index (χ1v) is 10.3. The van der Waals surface area contributed by atoms with Gasteiger partial charge in [0.15, 0.2) is 16.7 Å². The highest BCUT2D eigenvalue weighted by Crippen LogP contribution is 2.36. The van der Waals surface area contributed by atoms with E-state index >= 15 is 0 Å². The van der Waals surface area contributed by atoms with Gasteiger partial charge in [0.1, 0.15) is 10.8 Å². The maximum atomic E-state index is 6.07. The van der Waals surface area contributed by atoms with Gasteiger partial charge in [-0.05, 0) is 36.7 Å². The Morgan fingerprint density at radius 1 is 1.07 bits per heavy atom. The van der Waals surface area contributed by atoms with Gasteiger partial charge < -0.3 is 10.1 Å². The fourth-order valence-electron chi connectivity index (χ4n) is 2.28. The molecule has 6 nitrogen and oxygen atoms in total. The summed E-state index contributed by atoms with van der Waals surface area (Å²) in [6, 6.07) is 13.3. The predicted molar refractivity (Wildman–Crippen MR) is 127 cm³/mol. The maximum Gasteiger partial charge on any atom is 0.223 e. The summed E-state index contributed by atoms with van der Waals surface area (Å²) in [4.78, 5) is 17.9. The molecule has 156 valence electrons. The average Bonchev–Trinajstić information content (AvgIpc) is 3.09. The zero-order valence-electron chi connectivity index (χ0n) is 15.5. The standard InChI is InChI=1S/C19H14ClN5OS2.2ClH/c1-12-11-27-19(23-12)25-17-15(26-13-5-3-2-4-6-13)9-14(10-22-17)28-16-7-8-21-18(20)24-16;;/h2-11H,1H3,(H,22,23,25);2*1H. The first-order chi connectivity index (χ1) is 13.7. The molecule has 4 aromatic rings. The van der Waals surface area contributed by atoms with Crippen molar-refractivity contribution in [3.63, 3.8) is 0 Å². The second-order valence-electron chi connectivity index (χ2n) is 5.62. The summed E-state index contributed by atoms with van der Waals surface area (Å²) in [5.74, 6) is 1.89. The lowest BCUT2D eigenvalue weighted by Gasteiger charge is -2.12. The minimum absolute atomic E-state index is 0. The molecule has 0 bridgehead atoms. The van der Waals surface area contributed by atoms with Crippen molar-refractivity contribution in [3.05, 3.63) is 71.2 Å². The van der Waals surface area contributed by atoms with E-state index in [9.17, 15) is 0 Å². The molecule has 0 radical (unpaired) electrons. The molecule has 0 aliphatic carbocycles. The number of aromatic nitrogens is 4. The fourth-order valence-corrected chi connectivity index (χ4v) is 3.94. The van der Waals surface area contributed by atoms with Crippen molar-refractivity contribution >= 4 is 70.5 Å². The fraction of sp³-hybridized carbons (Fsp3) is 0.0526. The third kappa shape index (κ3) is 6.45. The zero-order valence-corrected chi connectivity index (χ0v) is 19.5. The quantitative estimate of drug-likeness (QED) is 0.230. The third-order valence-corrected chi connectivity index (χ3v) is 5.42. The summed E-state index contributed by atoms with van der Waals surface area (Å²) in [6.07, 6.45) is 3.37. The van der Waals surface area contributed by atoms with Crippen molar-refractivity contribution in [2.45, 2.75) is 16.8 Å². The van der Waals surface area contributed by atoms with Crippen LogP contribution in [0.25, 0.3) is 0 Å². The van der Waals surface area contributed by atoms with Crippen LogP contribution in [0.4, 0.5) is 10.9 Å². The summed E-state index contributed by atoms with van der Waals surface area (Å²) in [7, 11) is 0. The van der Waals surface area contributed by atoms with Crippen molar-refractivity contribution in [2.75, 3.05) is 5.32 Å². The van der Waals surface area contributed by atoms with E-state index in [1.54, 1.807) is 18.5 Å². The topological polar surface area (TPSA) is 72.8 Å². The summed E-state index contributed by atoms with van der Waals surface area (Å²) in [6.45, 7) is 1.95. The molecule has 0 aliphatic heterocycles. The van der Waals surface area contributed by atoms with Gasteiger partial charge in [0.2, 0.25) is 5.28 Å². The van der Waals surface area contributed by atoms with Crippen LogP contribution in [0, 0.1) is 6.92 Å². The molecule has 3 aromatic heterocycles. The Bertz CT molecular complexity index is 1100.